The number of nitrogens with zero attached hydrogens (tertiary/aromatic N) is 2. The van der Waals surface area contributed by atoms with Crippen LogP contribution in [-0.4, -0.2) is 15.9 Å². The second kappa shape index (κ2) is 9.13. The zero-order valence-electron chi connectivity index (χ0n) is 16.9. The highest BCUT2D eigenvalue weighted by atomic mass is 16.7. The van der Waals surface area contributed by atoms with Crippen molar-refractivity contribution >= 4 is 16.9 Å². The quantitative estimate of drug-likeness (QED) is 0.423. The van der Waals surface area contributed by atoms with E-state index in [0.717, 1.165) is 28.1 Å². The Morgan fingerprint density at radius 3 is 2.50 bits per heavy atom. The lowest BCUT2D eigenvalue weighted by Crippen LogP contribution is -2.07. The molecule has 0 amide bonds. The summed E-state index contributed by atoms with van der Waals surface area (Å²) in [5.41, 5.74) is 1.84. The van der Waals surface area contributed by atoms with Gasteiger partial charge >= 0.3 is 0 Å². The number of benzene rings is 2. The Morgan fingerprint density at radius 2 is 1.70 bits per heavy atom. The van der Waals surface area contributed by atoms with Crippen molar-refractivity contribution in [2.75, 3.05) is 0 Å². The van der Waals surface area contributed by atoms with Crippen LogP contribution in [0.1, 0.15) is 33.4 Å². The first-order chi connectivity index (χ1) is 14.8. The number of pyridine rings is 1. The fourth-order valence-electron chi connectivity index (χ4n) is 3.08. The maximum Gasteiger partial charge on any atom is 0.235 e. The minimum Gasteiger partial charge on any atom is -0.457 e. The van der Waals surface area contributed by atoms with Gasteiger partial charge in [-0.25, -0.2) is 4.98 Å². The van der Waals surface area contributed by atoms with E-state index >= 15 is 0 Å². The van der Waals surface area contributed by atoms with E-state index in [1.165, 1.54) is 0 Å². The summed E-state index contributed by atoms with van der Waals surface area (Å²) < 4.78 is 11.7. The van der Waals surface area contributed by atoms with Crippen molar-refractivity contribution in [2.45, 2.75) is 26.4 Å². The highest BCUT2D eigenvalue weighted by Crippen LogP contribution is 2.30. The monoisotopic (exact) mass is 403 g/mol. The normalized spacial score (nSPS) is 15.0. The maximum atomic E-state index is 5.83. The Hall–Kier alpha value is -3.80. The van der Waals surface area contributed by atoms with Crippen LogP contribution in [0.15, 0.2) is 84.3 Å². The minimum absolute atomic E-state index is 0. The number of fused-ring (bicyclic) bond motifs is 1. The first-order valence-corrected chi connectivity index (χ1v) is 10.00. The summed E-state index contributed by atoms with van der Waals surface area (Å²) in [5, 5.41) is 5.06. The van der Waals surface area contributed by atoms with Crippen molar-refractivity contribution in [2.24, 2.45) is 5.16 Å². The molecule has 6 heteroatoms. The first-order valence-electron chi connectivity index (χ1n) is 10.00. The van der Waals surface area contributed by atoms with Crippen molar-refractivity contribution < 1.29 is 15.7 Å². The van der Waals surface area contributed by atoms with Crippen molar-refractivity contribution in [3.05, 3.63) is 84.7 Å². The number of aromatic amines is 1. The van der Waals surface area contributed by atoms with E-state index in [-0.39, 0.29) is 7.53 Å². The third kappa shape index (κ3) is 4.43. The molecule has 30 heavy (non-hydrogen) atoms. The van der Waals surface area contributed by atoms with Gasteiger partial charge in [0.2, 0.25) is 5.90 Å². The van der Waals surface area contributed by atoms with Crippen LogP contribution in [0, 0.1) is 0 Å². The van der Waals surface area contributed by atoms with Crippen LogP contribution < -0.4 is 9.47 Å². The summed E-state index contributed by atoms with van der Waals surface area (Å²) in [7, 11) is 0. The van der Waals surface area contributed by atoms with Crippen molar-refractivity contribution in [3.63, 3.8) is 0 Å². The molecule has 0 bridgehead atoms. The Morgan fingerprint density at radius 1 is 0.933 bits per heavy atom. The number of aromatic nitrogens is 2. The number of para-hydroxylation sites is 1. The molecule has 0 saturated carbocycles. The molecule has 4 aromatic rings. The van der Waals surface area contributed by atoms with Crippen LogP contribution in [0.2, 0.25) is 0 Å². The number of rotatable bonds is 4. The highest BCUT2D eigenvalue weighted by molar-refractivity contribution is 5.82. The molecular weight excluding hydrogens is 378 g/mol. The summed E-state index contributed by atoms with van der Waals surface area (Å²) in [5.74, 6) is 2.75. The van der Waals surface area contributed by atoms with E-state index in [4.69, 9.17) is 14.3 Å². The number of ether oxygens (including phenoxy) is 2. The molecule has 2 aromatic carbocycles. The van der Waals surface area contributed by atoms with Crippen LogP contribution in [0.25, 0.3) is 11.0 Å². The summed E-state index contributed by atoms with van der Waals surface area (Å²) in [6.45, 7) is 4.00. The van der Waals surface area contributed by atoms with Crippen LogP contribution in [0.3, 0.4) is 0 Å². The average molecular weight is 403 g/mol. The molecule has 1 aliphatic heterocycles. The second-order valence-electron chi connectivity index (χ2n) is 6.46. The molecule has 0 aliphatic carbocycles. The number of oxime groups is 1. The molecule has 0 fully saturated rings. The smallest absolute Gasteiger partial charge is 0.235 e. The van der Waals surface area contributed by atoms with Gasteiger partial charge in [-0.05, 0) is 42.0 Å². The van der Waals surface area contributed by atoms with E-state index in [1.807, 2.05) is 86.8 Å². The van der Waals surface area contributed by atoms with Gasteiger partial charge < -0.3 is 19.3 Å². The predicted molar refractivity (Wildman–Crippen MR) is 119 cm³/mol. The molecule has 1 atom stereocenters. The second-order valence-corrected chi connectivity index (χ2v) is 6.46. The molecule has 6 nitrogen and oxygen atoms in total. The summed E-state index contributed by atoms with van der Waals surface area (Å²) >= 11 is 0. The fourth-order valence-corrected chi connectivity index (χ4v) is 3.08. The van der Waals surface area contributed by atoms with Gasteiger partial charge in [-0.1, -0.05) is 49.3 Å². The van der Waals surface area contributed by atoms with E-state index in [0.29, 0.717) is 18.1 Å². The van der Waals surface area contributed by atoms with Gasteiger partial charge in [-0.15, -0.1) is 0 Å². The Kier molecular flexibility index (Phi) is 5.94. The Balaban J connectivity index is 0.000000883. The molecule has 0 spiro atoms. The molecule has 154 valence electrons. The molecule has 1 N–H and O–H groups in total. The van der Waals surface area contributed by atoms with Crippen LogP contribution in [0.4, 0.5) is 0 Å². The van der Waals surface area contributed by atoms with E-state index < -0.39 is 0 Å². The number of nitrogens with one attached hydrogen (secondary N) is 1. The first kappa shape index (κ1) is 19.5. The zero-order valence-corrected chi connectivity index (χ0v) is 16.9. The SMILES string of the molecule is CC.[HH].c1ccc(Oc2ccc([C@@H]3CC(Oc4cnc5[nH]ccc5c4)=NO3)cc2)cc1. The Bertz CT molecular complexity index is 1130. The summed E-state index contributed by atoms with van der Waals surface area (Å²) in [6.07, 6.45) is 3.90. The average Bonchev–Trinajstić information content (AvgIpc) is 3.46. The predicted octanol–water partition coefficient (Wildman–Crippen LogP) is 6.48. The third-order valence-electron chi connectivity index (χ3n) is 4.48. The van der Waals surface area contributed by atoms with Crippen molar-refractivity contribution in [1.29, 1.82) is 0 Å². The van der Waals surface area contributed by atoms with Crippen molar-refractivity contribution in [3.8, 4) is 17.2 Å². The van der Waals surface area contributed by atoms with Gasteiger partial charge in [0.25, 0.3) is 0 Å². The summed E-state index contributed by atoms with van der Waals surface area (Å²) in [4.78, 5) is 12.9. The lowest BCUT2D eigenvalue weighted by Gasteiger charge is -2.10. The molecular formula is C24H25N3O3. The van der Waals surface area contributed by atoms with Gasteiger partial charge in [-0.2, -0.15) is 0 Å². The van der Waals surface area contributed by atoms with Gasteiger partial charge in [0.1, 0.15) is 22.9 Å². The van der Waals surface area contributed by atoms with Crippen molar-refractivity contribution in [1.82, 2.24) is 9.97 Å². The van der Waals surface area contributed by atoms with Crippen LogP contribution in [0.5, 0.6) is 17.2 Å². The number of hydrogen-bond donors (Lipinski definition) is 1. The lowest BCUT2D eigenvalue weighted by molar-refractivity contribution is 0.0855. The molecule has 3 heterocycles. The molecule has 0 radical (unpaired) electrons. The van der Waals surface area contributed by atoms with Gasteiger partial charge in [0.05, 0.1) is 12.6 Å². The minimum atomic E-state index is -0.176. The van der Waals surface area contributed by atoms with E-state index in [1.54, 1.807) is 6.20 Å². The molecule has 5 rings (SSSR count). The third-order valence-corrected chi connectivity index (χ3v) is 4.48. The largest absolute Gasteiger partial charge is 0.457 e. The zero-order chi connectivity index (χ0) is 20.8. The van der Waals surface area contributed by atoms with Crippen LogP contribution in [-0.2, 0) is 4.84 Å². The maximum absolute atomic E-state index is 5.83. The fraction of sp³-hybridized carbons (Fsp3) is 0.167. The summed E-state index contributed by atoms with van der Waals surface area (Å²) in [6, 6.07) is 21.4. The van der Waals surface area contributed by atoms with Gasteiger partial charge in [0, 0.05) is 13.0 Å². The topological polar surface area (TPSA) is 68.7 Å². The Labute approximate surface area is 176 Å². The van der Waals surface area contributed by atoms with Gasteiger partial charge in [-0.3, -0.25) is 0 Å². The van der Waals surface area contributed by atoms with Crippen LogP contribution >= 0.6 is 0 Å². The number of H-pyrrole nitrogens is 1. The standard InChI is InChI=1S/C22H17N3O3.C2H6.H2/c1-2-4-17(5-3-1)26-18-8-6-15(7-9-18)20-13-21(25-28-20)27-19-12-16-10-11-23-22(16)24-14-19;1-2;/h1-12,14,20H,13H2,(H,23,24);1-2H3;1H/t20-;;/m0../s1. The molecule has 0 unspecified atom stereocenters. The molecule has 0 saturated heterocycles. The highest BCUT2D eigenvalue weighted by Gasteiger charge is 2.24. The number of hydrogen-bond acceptors (Lipinski definition) is 5. The molecule has 1 aliphatic rings. The van der Waals surface area contributed by atoms with E-state index in [2.05, 4.69) is 15.1 Å². The van der Waals surface area contributed by atoms with Gasteiger partial charge in [0.15, 0.2) is 6.10 Å². The lowest BCUT2D eigenvalue weighted by atomic mass is 10.1. The van der Waals surface area contributed by atoms with E-state index in [9.17, 15) is 0 Å². The molecule has 2 aromatic heterocycles.